The Bertz CT molecular complexity index is 1770. The van der Waals surface area contributed by atoms with E-state index in [0.717, 1.165) is 67.1 Å². The van der Waals surface area contributed by atoms with Crippen molar-refractivity contribution in [2.75, 3.05) is 56.0 Å². The maximum Gasteiger partial charge on any atom is 0.410 e. The fraction of sp³-hybridized carbons (Fsp3) is 0.513. The molecule has 4 fully saturated rings. The van der Waals surface area contributed by atoms with Gasteiger partial charge in [-0.05, 0) is 86.4 Å². The van der Waals surface area contributed by atoms with E-state index >= 15 is 0 Å². The number of nitrogens with zero attached hydrogens (tertiary/aromatic N) is 6. The molecule has 0 spiro atoms. The highest BCUT2D eigenvalue weighted by molar-refractivity contribution is 6.00. The first kappa shape index (κ1) is 33.6. The number of aromatic nitrogens is 2. The standard InChI is InChI=1S/C39H48N8O4/c1-39(2,3)51-38(50)45-15-14-27-16-40-37(42-34(27)24-45)41-30-8-4-25(5-9-30)17-44-18-28-20-46(21-29(28)19-44)32-22-47(23-32)31-10-6-26(7-11-31)33-12-13-35(48)43-36(33)49/h4-11,16,28-29,32-33H,12-15,17-24H2,1-3H3,(H,40,41,42)(H,43,48,49). The summed E-state index contributed by atoms with van der Waals surface area (Å²) in [6, 6.07) is 17.5. The number of amides is 3. The van der Waals surface area contributed by atoms with Crippen LogP contribution < -0.4 is 15.5 Å². The molecule has 1 aromatic heterocycles. The van der Waals surface area contributed by atoms with Gasteiger partial charge in [-0.2, -0.15) is 0 Å². The highest BCUT2D eigenvalue weighted by Crippen LogP contribution is 2.36. The zero-order chi connectivity index (χ0) is 35.3. The zero-order valence-electron chi connectivity index (χ0n) is 29.8. The highest BCUT2D eigenvalue weighted by Gasteiger charge is 2.44. The summed E-state index contributed by atoms with van der Waals surface area (Å²) in [5.74, 6) is 1.39. The van der Waals surface area contributed by atoms with Crippen molar-refractivity contribution in [3.8, 4) is 0 Å². The number of anilines is 3. The van der Waals surface area contributed by atoms with Crippen LogP contribution in [0, 0.1) is 11.8 Å². The van der Waals surface area contributed by atoms with E-state index in [0.29, 0.717) is 44.3 Å². The SMILES string of the molecule is CC(C)(C)OC(=O)N1CCc2cnc(Nc3ccc(CN4CC5CN(C6CN(c7ccc(C8CCC(=O)NC8=O)cc7)C6)CC5C4)cc3)nc2C1. The number of fused-ring (bicyclic) bond motifs is 2. The number of piperidine rings is 1. The van der Waals surface area contributed by atoms with Gasteiger partial charge in [0, 0.05) is 82.4 Å². The topological polar surface area (TPSA) is 123 Å². The number of carbonyl (C=O) groups is 3. The third-order valence-corrected chi connectivity index (χ3v) is 11.1. The first-order valence-corrected chi connectivity index (χ1v) is 18.4. The number of imide groups is 1. The Labute approximate surface area is 299 Å². The third-order valence-electron chi connectivity index (χ3n) is 11.1. The molecule has 2 N–H and O–H groups in total. The number of hydrogen-bond acceptors (Lipinski definition) is 10. The van der Waals surface area contributed by atoms with Crippen LogP contribution in [0.25, 0.3) is 0 Å². The molecule has 0 bridgehead atoms. The van der Waals surface area contributed by atoms with Gasteiger partial charge < -0.3 is 19.9 Å². The van der Waals surface area contributed by atoms with E-state index < -0.39 is 5.60 Å². The molecule has 2 aromatic carbocycles. The summed E-state index contributed by atoms with van der Waals surface area (Å²) < 4.78 is 5.56. The molecule has 0 saturated carbocycles. The number of likely N-dealkylation sites (tertiary alicyclic amines) is 2. The van der Waals surface area contributed by atoms with Crippen LogP contribution in [0.4, 0.5) is 22.1 Å². The molecule has 4 saturated heterocycles. The van der Waals surface area contributed by atoms with Crippen molar-refractivity contribution in [3.05, 3.63) is 77.1 Å². The number of rotatable bonds is 7. The van der Waals surface area contributed by atoms with Crippen LogP contribution >= 0.6 is 0 Å². The van der Waals surface area contributed by atoms with Gasteiger partial charge in [-0.1, -0.05) is 24.3 Å². The van der Waals surface area contributed by atoms with Crippen molar-refractivity contribution in [1.29, 1.82) is 0 Å². The van der Waals surface area contributed by atoms with Gasteiger partial charge in [0.2, 0.25) is 17.8 Å². The molecular weight excluding hydrogens is 644 g/mol. The van der Waals surface area contributed by atoms with Gasteiger partial charge in [-0.3, -0.25) is 24.7 Å². The van der Waals surface area contributed by atoms with Gasteiger partial charge in [-0.25, -0.2) is 14.8 Å². The normalized spacial score (nSPS) is 24.2. The molecule has 5 aliphatic heterocycles. The summed E-state index contributed by atoms with van der Waals surface area (Å²) >= 11 is 0. The summed E-state index contributed by atoms with van der Waals surface area (Å²) in [4.78, 5) is 55.1. The number of nitrogens with one attached hydrogen (secondary N) is 2. The van der Waals surface area contributed by atoms with E-state index in [1.807, 2.05) is 27.0 Å². The molecule has 8 rings (SSSR count). The van der Waals surface area contributed by atoms with E-state index in [2.05, 4.69) is 78.8 Å². The summed E-state index contributed by atoms with van der Waals surface area (Å²) in [5, 5.41) is 5.81. The predicted octanol–water partition coefficient (Wildman–Crippen LogP) is 4.29. The van der Waals surface area contributed by atoms with Crippen molar-refractivity contribution in [3.63, 3.8) is 0 Å². The van der Waals surface area contributed by atoms with Crippen molar-refractivity contribution in [1.82, 2.24) is 30.0 Å². The number of benzene rings is 2. The van der Waals surface area contributed by atoms with Gasteiger partial charge in [0.05, 0.1) is 18.2 Å². The third kappa shape index (κ3) is 7.43. The molecule has 12 heteroatoms. The Morgan fingerprint density at radius 1 is 0.941 bits per heavy atom. The fourth-order valence-corrected chi connectivity index (χ4v) is 8.31. The molecule has 3 aromatic rings. The summed E-state index contributed by atoms with van der Waals surface area (Å²) in [7, 11) is 0. The highest BCUT2D eigenvalue weighted by atomic mass is 16.6. The van der Waals surface area contributed by atoms with Crippen molar-refractivity contribution in [2.45, 2.75) is 70.7 Å². The predicted molar refractivity (Wildman–Crippen MR) is 194 cm³/mol. The molecule has 268 valence electrons. The summed E-state index contributed by atoms with van der Waals surface area (Å²) in [6.45, 7) is 14.3. The van der Waals surface area contributed by atoms with E-state index in [-0.39, 0.29) is 23.8 Å². The lowest BCUT2D eigenvalue weighted by Crippen LogP contribution is -2.59. The Morgan fingerprint density at radius 2 is 1.67 bits per heavy atom. The largest absolute Gasteiger partial charge is 0.444 e. The van der Waals surface area contributed by atoms with Crippen molar-refractivity contribution < 1.29 is 19.1 Å². The number of ether oxygens (including phenoxy) is 1. The fourth-order valence-electron chi connectivity index (χ4n) is 8.31. The van der Waals surface area contributed by atoms with Crippen LogP contribution in [0.3, 0.4) is 0 Å². The minimum atomic E-state index is -0.531. The van der Waals surface area contributed by atoms with Crippen LogP contribution in [0.1, 0.15) is 61.9 Å². The van der Waals surface area contributed by atoms with Gasteiger partial charge >= 0.3 is 6.09 Å². The molecule has 3 unspecified atom stereocenters. The van der Waals surface area contributed by atoms with Crippen LogP contribution in [-0.4, -0.2) is 100 Å². The Kier molecular flexibility index (Phi) is 8.91. The summed E-state index contributed by atoms with van der Waals surface area (Å²) in [5.41, 5.74) is 5.82. The Balaban J connectivity index is 0.779. The zero-order valence-corrected chi connectivity index (χ0v) is 29.8. The molecule has 0 radical (unpaired) electrons. The monoisotopic (exact) mass is 692 g/mol. The van der Waals surface area contributed by atoms with Gasteiger partial charge in [0.25, 0.3) is 0 Å². The lowest BCUT2D eigenvalue weighted by atomic mass is 9.90. The average Bonchev–Trinajstić information content (AvgIpc) is 3.63. The van der Waals surface area contributed by atoms with Gasteiger partial charge in [0.1, 0.15) is 5.60 Å². The average molecular weight is 693 g/mol. The number of carbonyl (C=O) groups excluding carboxylic acids is 3. The quantitative estimate of drug-likeness (QED) is 0.347. The van der Waals surface area contributed by atoms with E-state index in [4.69, 9.17) is 9.72 Å². The van der Waals surface area contributed by atoms with E-state index in [9.17, 15) is 14.4 Å². The molecule has 6 heterocycles. The van der Waals surface area contributed by atoms with Crippen LogP contribution in [0.15, 0.2) is 54.7 Å². The van der Waals surface area contributed by atoms with E-state index in [1.165, 1.54) is 24.3 Å². The summed E-state index contributed by atoms with van der Waals surface area (Å²) in [6.07, 6.45) is 3.26. The maximum atomic E-state index is 12.6. The second-order valence-corrected chi connectivity index (χ2v) is 16.0. The first-order chi connectivity index (χ1) is 24.5. The van der Waals surface area contributed by atoms with Crippen molar-refractivity contribution >= 4 is 35.2 Å². The van der Waals surface area contributed by atoms with Gasteiger partial charge in [-0.15, -0.1) is 0 Å². The molecule has 0 aliphatic carbocycles. The van der Waals surface area contributed by atoms with Crippen LogP contribution in [-0.2, 0) is 33.8 Å². The van der Waals surface area contributed by atoms with Gasteiger partial charge in [0.15, 0.2) is 0 Å². The molecule has 5 aliphatic rings. The Morgan fingerprint density at radius 3 is 2.35 bits per heavy atom. The molecule has 3 atom stereocenters. The minimum Gasteiger partial charge on any atom is -0.444 e. The van der Waals surface area contributed by atoms with E-state index in [1.54, 1.807) is 4.90 Å². The smallest absolute Gasteiger partial charge is 0.410 e. The van der Waals surface area contributed by atoms with Crippen LogP contribution in [0.2, 0.25) is 0 Å². The second kappa shape index (κ2) is 13.5. The lowest BCUT2D eigenvalue weighted by Gasteiger charge is -2.46. The van der Waals surface area contributed by atoms with Crippen molar-refractivity contribution in [2.24, 2.45) is 11.8 Å². The number of hydrogen-bond donors (Lipinski definition) is 2. The molecule has 51 heavy (non-hydrogen) atoms. The second-order valence-electron chi connectivity index (χ2n) is 16.0. The molecule has 3 amide bonds. The molecular formula is C39H48N8O4. The van der Waals surface area contributed by atoms with Crippen LogP contribution in [0.5, 0.6) is 0 Å². The maximum absolute atomic E-state index is 12.6. The Hall–Kier alpha value is -4.55. The molecule has 12 nitrogen and oxygen atoms in total. The first-order valence-electron chi connectivity index (χ1n) is 18.4. The lowest BCUT2D eigenvalue weighted by molar-refractivity contribution is -0.134. The minimum absolute atomic E-state index is 0.173.